The van der Waals surface area contributed by atoms with Crippen LogP contribution in [0.15, 0.2) is 12.3 Å². The van der Waals surface area contributed by atoms with Crippen molar-refractivity contribution in [1.82, 2.24) is 15.2 Å². The Labute approximate surface area is 131 Å². The molecule has 2 rings (SSSR count). The minimum absolute atomic E-state index is 0.120. The molecule has 1 aromatic heterocycles. The highest BCUT2D eigenvalue weighted by Crippen LogP contribution is 2.20. The monoisotopic (exact) mass is 310 g/mol. The Morgan fingerprint density at radius 2 is 2.14 bits per heavy atom. The summed E-state index contributed by atoms with van der Waals surface area (Å²) in [6.07, 6.45) is 5.09. The second-order valence-electron chi connectivity index (χ2n) is 5.29. The molecule has 1 aliphatic heterocycles. The first-order valence-electron chi connectivity index (χ1n) is 7.60. The van der Waals surface area contributed by atoms with Gasteiger partial charge in [0.05, 0.1) is 10.6 Å². The van der Waals surface area contributed by atoms with Gasteiger partial charge in [0, 0.05) is 25.8 Å². The van der Waals surface area contributed by atoms with Gasteiger partial charge in [-0.1, -0.05) is 18.5 Å². The number of likely N-dealkylation sites (tertiary alicyclic amines) is 1. The number of nitrogens with one attached hydrogen (secondary N) is 2. The van der Waals surface area contributed by atoms with E-state index >= 15 is 0 Å². The van der Waals surface area contributed by atoms with Gasteiger partial charge in [0.2, 0.25) is 0 Å². The summed E-state index contributed by atoms with van der Waals surface area (Å²) in [6.45, 7) is 6.73. The van der Waals surface area contributed by atoms with Crippen LogP contribution in [-0.4, -0.2) is 48.5 Å². The van der Waals surface area contributed by atoms with Crippen LogP contribution >= 0.6 is 11.6 Å². The van der Waals surface area contributed by atoms with Crippen LogP contribution in [0, 0.1) is 0 Å². The van der Waals surface area contributed by atoms with E-state index in [4.69, 9.17) is 11.6 Å². The molecule has 5 nitrogen and oxygen atoms in total. The van der Waals surface area contributed by atoms with Crippen LogP contribution in [0.2, 0.25) is 5.02 Å². The molecule has 2 heterocycles. The van der Waals surface area contributed by atoms with E-state index in [0.717, 1.165) is 32.6 Å². The van der Waals surface area contributed by atoms with Crippen molar-refractivity contribution in [2.75, 3.05) is 38.0 Å². The lowest BCUT2D eigenvalue weighted by Crippen LogP contribution is -2.33. The third kappa shape index (κ3) is 4.86. The first-order valence-corrected chi connectivity index (χ1v) is 7.98. The summed E-state index contributed by atoms with van der Waals surface area (Å²) in [6, 6.07) is 1.66. The molecule has 1 saturated heterocycles. The van der Waals surface area contributed by atoms with Gasteiger partial charge in [-0.05, 0) is 38.4 Å². The van der Waals surface area contributed by atoms with E-state index in [2.05, 4.69) is 27.4 Å². The molecule has 116 valence electrons. The molecule has 0 bridgehead atoms. The van der Waals surface area contributed by atoms with Crippen LogP contribution in [0.5, 0.6) is 0 Å². The zero-order valence-electron chi connectivity index (χ0n) is 12.5. The number of hydrogen-bond donors (Lipinski definition) is 2. The molecule has 21 heavy (non-hydrogen) atoms. The van der Waals surface area contributed by atoms with Gasteiger partial charge < -0.3 is 15.5 Å². The maximum Gasteiger partial charge on any atom is 0.252 e. The highest BCUT2D eigenvalue weighted by atomic mass is 35.5. The second-order valence-corrected chi connectivity index (χ2v) is 5.69. The van der Waals surface area contributed by atoms with Crippen molar-refractivity contribution < 1.29 is 4.79 Å². The Hall–Kier alpha value is -1.33. The number of carbonyl (C=O) groups is 1. The molecule has 1 fully saturated rings. The van der Waals surface area contributed by atoms with Gasteiger partial charge in [-0.15, -0.1) is 0 Å². The average molecular weight is 311 g/mol. The van der Waals surface area contributed by atoms with Crippen LogP contribution in [0.1, 0.15) is 36.5 Å². The second kappa shape index (κ2) is 8.20. The number of pyridine rings is 1. The Balaban J connectivity index is 1.82. The Morgan fingerprint density at radius 1 is 1.38 bits per heavy atom. The minimum atomic E-state index is -0.120. The maximum atomic E-state index is 12.0. The zero-order valence-corrected chi connectivity index (χ0v) is 13.2. The number of rotatable bonds is 7. The summed E-state index contributed by atoms with van der Waals surface area (Å²) in [5.41, 5.74) is 0.503. The highest BCUT2D eigenvalue weighted by Gasteiger charge is 2.13. The molecule has 0 spiro atoms. The summed E-state index contributed by atoms with van der Waals surface area (Å²) in [7, 11) is 0. The zero-order chi connectivity index (χ0) is 15.1. The van der Waals surface area contributed by atoms with Gasteiger partial charge >= 0.3 is 0 Å². The fraction of sp³-hybridized carbons (Fsp3) is 0.600. The molecule has 0 aromatic carbocycles. The van der Waals surface area contributed by atoms with Gasteiger partial charge in [0.25, 0.3) is 5.91 Å². The normalized spacial score (nSPS) is 15.1. The molecule has 0 unspecified atom stereocenters. The molecule has 0 saturated carbocycles. The van der Waals surface area contributed by atoms with E-state index in [1.807, 2.05) is 0 Å². The number of halogens is 1. The fourth-order valence-corrected chi connectivity index (χ4v) is 2.60. The topological polar surface area (TPSA) is 57.3 Å². The van der Waals surface area contributed by atoms with Crippen molar-refractivity contribution in [2.24, 2.45) is 0 Å². The smallest absolute Gasteiger partial charge is 0.252 e. The molecular weight excluding hydrogens is 288 g/mol. The summed E-state index contributed by atoms with van der Waals surface area (Å²) < 4.78 is 0. The first-order chi connectivity index (χ1) is 10.2. The van der Waals surface area contributed by atoms with Crippen molar-refractivity contribution in [3.8, 4) is 0 Å². The number of aromatic nitrogens is 1. The number of hydrogen-bond acceptors (Lipinski definition) is 4. The van der Waals surface area contributed by atoms with Crippen LogP contribution in [0.3, 0.4) is 0 Å². The maximum absolute atomic E-state index is 12.0. The van der Waals surface area contributed by atoms with Gasteiger partial charge in [-0.2, -0.15) is 0 Å². The number of amides is 1. The lowest BCUT2D eigenvalue weighted by Gasteiger charge is -2.14. The summed E-state index contributed by atoms with van der Waals surface area (Å²) in [5.74, 6) is 0.512. The van der Waals surface area contributed by atoms with E-state index < -0.39 is 0 Å². The van der Waals surface area contributed by atoms with Crippen molar-refractivity contribution in [1.29, 1.82) is 0 Å². The Bertz CT molecular complexity index is 475. The van der Waals surface area contributed by atoms with Crippen LogP contribution in [0.4, 0.5) is 5.82 Å². The van der Waals surface area contributed by atoms with E-state index in [-0.39, 0.29) is 5.91 Å². The highest BCUT2D eigenvalue weighted by molar-refractivity contribution is 6.33. The lowest BCUT2D eigenvalue weighted by atomic mass is 10.2. The summed E-state index contributed by atoms with van der Waals surface area (Å²) >= 11 is 6.13. The average Bonchev–Trinajstić information content (AvgIpc) is 2.99. The lowest BCUT2D eigenvalue weighted by molar-refractivity contribution is 0.0949. The predicted octanol–water partition coefficient (Wildman–Crippen LogP) is 2.38. The molecule has 1 aliphatic rings. The predicted molar refractivity (Wildman–Crippen MR) is 86.0 cm³/mol. The van der Waals surface area contributed by atoms with Gasteiger partial charge in [0.1, 0.15) is 5.82 Å². The van der Waals surface area contributed by atoms with Crippen molar-refractivity contribution in [3.05, 3.63) is 22.8 Å². The molecule has 2 N–H and O–H groups in total. The molecule has 0 aliphatic carbocycles. The van der Waals surface area contributed by atoms with Crippen molar-refractivity contribution >= 4 is 23.3 Å². The number of nitrogens with zero attached hydrogens (tertiary/aromatic N) is 2. The third-order valence-electron chi connectivity index (χ3n) is 3.56. The minimum Gasteiger partial charge on any atom is -0.369 e. The quantitative estimate of drug-likeness (QED) is 0.812. The molecule has 0 atom stereocenters. The standard InChI is InChI=1S/C15H23ClN4O/c1-2-5-17-14-13(16)10-12(11-19-14)15(21)18-6-9-20-7-3-4-8-20/h10-11H,2-9H2,1H3,(H,17,19)(H,18,21). The SMILES string of the molecule is CCCNc1ncc(C(=O)NCCN2CCCC2)cc1Cl. The molecule has 1 amide bonds. The van der Waals surface area contributed by atoms with Crippen LogP contribution in [-0.2, 0) is 0 Å². The van der Waals surface area contributed by atoms with Gasteiger partial charge in [0.15, 0.2) is 0 Å². The fourth-order valence-electron chi connectivity index (χ4n) is 2.37. The Morgan fingerprint density at radius 3 is 2.81 bits per heavy atom. The Kier molecular flexibility index (Phi) is 6.26. The number of carbonyl (C=O) groups excluding carboxylic acids is 1. The molecule has 0 radical (unpaired) electrons. The van der Waals surface area contributed by atoms with E-state index in [9.17, 15) is 4.79 Å². The van der Waals surface area contributed by atoms with Crippen molar-refractivity contribution in [2.45, 2.75) is 26.2 Å². The van der Waals surface area contributed by atoms with E-state index in [1.165, 1.54) is 12.8 Å². The first kappa shape index (κ1) is 16.0. The summed E-state index contributed by atoms with van der Waals surface area (Å²) in [4.78, 5) is 18.6. The molecule has 1 aromatic rings. The largest absolute Gasteiger partial charge is 0.369 e. The van der Waals surface area contributed by atoms with Gasteiger partial charge in [-0.25, -0.2) is 4.98 Å². The molecule has 6 heteroatoms. The number of anilines is 1. The van der Waals surface area contributed by atoms with Crippen LogP contribution < -0.4 is 10.6 Å². The van der Waals surface area contributed by atoms with Crippen LogP contribution in [0.25, 0.3) is 0 Å². The van der Waals surface area contributed by atoms with Gasteiger partial charge in [-0.3, -0.25) is 4.79 Å². The van der Waals surface area contributed by atoms with Crippen molar-refractivity contribution in [3.63, 3.8) is 0 Å². The van der Waals surface area contributed by atoms with E-state index in [0.29, 0.717) is 22.9 Å². The summed E-state index contributed by atoms with van der Waals surface area (Å²) in [5, 5.41) is 6.53. The van der Waals surface area contributed by atoms with E-state index in [1.54, 1.807) is 12.3 Å². The third-order valence-corrected chi connectivity index (χ3v) is 3.85. The molecular formula is C15H23ClN4O.